The van der Waals surface area contributed by atoms with Gasteiger partial charge in [-0.15, -0.1) is 5.11 Å². The van der Waals surface area contributed by atoms with Gasteiger partial charge in [-0.05, 0) is 17.5 Å². The largest absolute Gasteiger partial charge is 0.506 e. The molecule has 0 spiro atoms. The van der Waals surface area contributed by atoms with E-state index in [9.17, 15) is 15.2 Å². The van der Waals surface area contributed by atoms with Gasteiger partial charge in [0.05, 0.1) is 17.7 Å². The van der Waals surface area contributed by atoms with Crippen LogP contribution in [0.5, 0.6) is 11.5 Å². The Morgan fingerprint density at radius 1 is 1.08 bits per heavy atom. The number of ether oxygens (including phenoxy) is 1. The van der Waals surface area contributed by atoms with Gasteiger partial charge in [0.15, 0.2) is 5.75 Å². The summed E-state index contributed by atoms with van der Waals surface area (Å²) in [7, 11) is 1.35. The molecular weight excluding hydrogens is 310 g/mol. The van der Waals surface area contributed by atoms with Crippen molar-refractivity contribution in [2.75, 3.05) is 7.11 Å². The van der Waals surface area contributed by atoms with E-state index in [4.69, 9.17) is 4.74 Å². The number of fused-ring (bicyclic) bond motifs is 1. The van der Waals surface area contributed by atoms with Gasteiger partial charge in [-0.1, -0.05) is 30.3 Å². The summed E-state index contributed by atoms with van der Waals surface area (Å²) in [5.41, 5.74) is 0.569. The lowest BCUT2D eigenvalue weighted by molar-refractivity contribution is -0.385. The lowest BCUT2D eigenvalue weighted by atomic mass is 10.1. The number of nitro groups is 1. The van der Waals surface area contributed by atoms with Crippen molar-refractivity contribution in [3.8, 4) is 11.5 Å². The zero-order valence-electron chi connectivity index (χ0n) is 12.7. The summed E-state index contributed by atoms with van der Waals surface area (Å²) in [4.78, 5) is 10.4. The maximum atomic E-state index is 10.9. The third-order valence-electron chi connectivity index (χ3n) is 3.50. The van der Waals surface area contributed by atoms with Crippen molar-refractivity contribution >= 4 is 27.8 Å². The lowest BCUT2D eigenvalue weighted by Gasteiger charge is -2.04. The SMILES string of the molecule is COc1cc(N=Nc2c(O)ccc3ccccc23)ccc1[N+](=O)[O-]. The van der Waals surface area contributed by atoms with E-state index in [2.05, 4.69) is 10.2 Å². The van der Waals surface area contributed by atoms with E-state index in [-0.39, 0.29) is 17.2 Å². The predicted octanol–water partition coefficient (Wildman–Crippen LogP) is 4.88. The highest BCUT2D eigenvalue weighted by molar-refractivity contribution is 5.95. The van der Waals surface area contributed by atoms with Crippen LogP contribution in [-0.4, -0.2) is 17.1 Å². The van der Waals surface area contributed by atoms with E-state index >= 15 is 0 Å². The molecule has 0 aliphatic rings. The average molecular weight is 323 g/mol. The number of aromatic hydroxyl groups is 1. The number of hydrogen-bond donors (Lipinski definition) is 1. The zero-order valence-corrected chi connectivity index (χ0v) is 12.7. The van der Waals surface area contributed by atoms with Crippen LogP contribution < -0.4 is 4.74 Å². The molecule has 0 bridgehead atoms. The molecular formula is C17H13N3O4. The minimum Gasteiger partial charge on any atom is -0.506 e. The molecule has 3 aromatic carbocycles. The first-order valence-electron chi connectivity index (χ1n) is 7.05. The molecule has 7 heteroatoms. The molecule has 3 aromatic rings. The Morgan fingerprint density at radius 3 is 2.62 bits per heavy atom. The van der Waals surface area contributed by atoms with E-state index < -0.39 is 4.92 Å². The van der Waals surface area contributed by atoms with Crippen molar-refractivity contribution in [2.24, 2.45) is 10.2 Å². The fraction of sp³-hybridized carbons (Fsp3) is 0.0588. The topological polar surface area (TPSA) is 97.3 Å². The number of benzene rings is 3. The molecule has 1 N–H and O–H groups in total. The highest BCUT2D eigenvalue weighted by atomic mass is 16.6. The standard InChI is InChI=1S/C17H13N3O4/c1-24-16-10-12(7-8-14(16)20(22)23)18-19-17-13-5-3-2-4-11(13)6-9-15(17)21/h2-10,21H,1H3. The van der Waals surface area contributed by atoms with Gasteiger partial charge in [-0.25, -0.2) is 0 Å². The Labute approximate surface area is 137 Å². The van der Waals surface area contributed by atoms with Crippen LogP contribution >= 0.6 is 0 Å². The van der Waals surface area contributed by atoms with Gasteiger partial charge in [0.2, 0.25) is 0 Å². The third-order valence-corrected chi connectivity index (χ3v) is 3.50. The molecule has 0 heterocycles. The van der Waals surface area contributed by atoms with Gasteiger partial charge in [0.25, 0.3) is 0 Å². The first-order chi connectivity index (χ1) is 11.6. The number of azo groups is 1. The van der Waals surface area contributed by atoms with E-state index in [1.54, 1.807) is 12.1 Å². The minimum absolute atomic E-state index is 0.00586. The number of phenols is 1. The van der Waals surface area contributed by atoms with Crippen molar-refractivity contribution in [1.29, 1.82) is 0 Å². The maximum Gasteiger partial charge on any atom is 0.311 e. The van der Waals surface area contributed by atoms with Crippen LogP contribution in [0.1, 0.15) is 0 Å². The van der Waals surface area contributed by atoms with Gasteiger partial charge < -0.3 is 9.84 Å². The van der Waals surface area contributed by atoms with E-state index in [1.165, 1.54) is 25.3 Å². The van der Waals surface area contributed by atoms with Crippen LogP contribution in [0.4, 0.5) is 17.1 Å². The number of hydrogen-bond acceptors (Lipinski definition) is 6. The highest BCUT2D eigenvalue weighted by Crippen LogP contribution is 2.37. The second-order valence-corrected chi connectivity index (χ2v) is 4.97. The van der Waals surface area contributed by atoms with E-state index in [0.29, 0.717) is 11.4 Å². The first kappa shape index (κ1) is 15.4. The van der Waals surface area contributed by atoms with Gasteiger partial charge in [0.1, 0.15) is 11.4 Å². The van der Waals surface area contributed by atoms with Crippen molar-refractivity contribution in [3.05, 3.63) is 64.7 Å². The molecule has 0 aromatic heterocycles. The molecule has 0 radical (unpaired) electrons. The molecule has 0 aliphatic carbocycles. The van der Waals surface area contributed by atoms with E-state index in [1.807, 2.05) is 24.3 Å². The molecule has 0 atom stereocenters. The minimum atomic E-state index is -0.531. The van der Waals surface area contributed by atoms with Gasteiger partial charge in [0, 0.05) is 17.5 Å². The summed E-state index contributed by atoms with van der Waals surface area (Å²) >= 11 is 0. The number of nitro benzene ring substituents is 1. The van der Waals surface area contributed by atoms with Crippen LogP contribution in [0.25, 0.3) is 10.8 Å². The molecule has 0 saturated heterocycles. The van der Waals surface area contributed by atoms with Crippen LogP contribution in [0.3, 0.4) is 0 Å². The molecule has 3 rings (SSSR count). The fourth-order valence-electron chi connectivity index (χ4n) is 2.34. The van der Waals surface area contributed by atoms with Gasteiger partial charge in [-0.3, -0.25) is 10.1 Å². The maximum absolute atomic E-state index is 10.9. The van der Waals surface area contributed by atoms with Crippen molar-refractivity contribution in [2.45, 2.75) is 0 Å². The number of phenolic OH excluding ortho intramolecular Hbond substituents is 1. The summed E-state index contributed by atoms with van der Waals surface area (Å²) < 4.78 is 5.00. The van der Waals surface area contributed by atoms with E-state index in [0.717, 1.165) is 10.8 Å². The lowest BCUT2D eigenvalue weighted by Crippen LogP contribution is -1.92. The molecule has 24 heavy (non-hydrogen) atoms. The van der Waals surface area contributed by atoms with Crippen molar-refractivity contribution in [1.82, 2.24) is 0 Å². The van der Waals surface area contributed by atoms with Crippen LogP contribution in [0, 0.1) is 10.1 Å². The van der Waals surface area contributed by atoms with Crippen molar-refractivity contribution in [3.63, 3.8) is 0 Å². The summed E-state index contributed by atoms with van der Waals surface area (Å²) in [6.45, 7) is 0. The number of nitrogens with zero attached hydrogens (tertiary/aromatic N) is 3. The highest BCUT2D eigenvalue weighted by Gasteiger charge is 2.14. The van der Waals surface area contributed by atoms with Crippen LogP contribution in [0.15, 0.2) is 64.8 Å². The van der Waals surface area contributed by atoms with Gasteiger partial charge >= 0.3 is 5.69 Å². The third kappa shape index (κ3) is 2.87. The molecule has 7 nitrogen and oxygen atoms in total. The number of methoxy groups -OCH3 is 1. The monoisotopic (exact) mass is 323 g/mol. The molecule has 0 saturated carbocycles. The number of rotatable bonds is 4. The summed E-state index contributed by atoms with van der Waals surface area (Å²) in [5.74, 6) is 0.102. The smallest absolute Gasteiger partial charge is 0.311 e. The Morgan fingerprint density at radius 2 is 1.88 bits per heavy atom. The summed E-state index contributed by atoms with van der Waals surface area (Å²) in [6, 6.07) is 15.0. The van der Waals surface area contributed by atoms with Crippen LogP contribution in [-0.2, 0) is 0 Å². The Balaban J connectivity index is 2.03. The second kappa shape index (κ2) is 6.33. The molecule has 0 aliphatic heterocycles. The van der Waals surface area contributed by atoms with Gasteiger partial charge in [-0.2, -0.15) is 5.11 Å². The summed E-state index contributed by atoms with van der Waals surface area (Å²) in [6.07, 6.45) is 0. The molecule has 0 amide bonds. The first-order valence-corrected chi connectivity index (χ1v) is 7.05. The summed E-state index contributed by atoms with van der Waals surface area (Å²) in [5, 5.41) is 30.8. The average Bonchev–Trinajstić information content (AvgIpc) is 2.60. The fourth-order valence-corrected chi connectivity index (χ4v) is 2.34. The van der Waals surface area contributed by atoms with Crippen molar-refractivity contribution < 1.29 is 14.8 Å². The Hall–Kier alpha value is -3.48. The van der Waals surface area contributed by atoms with Crippen LogP contribution in [0.2, 0.25) is 0 Å². The Bertz CT molecular complexity index is 954. The molecule has 0 unspecified atom stereocenters. The predicted molar refractivity (Wildman–Crippen MR) is 89.4 cm³/mol. The quantitative estimate of drug-likeness (QED) is 0.420. The Kier molecular flexibility index (Phi) is 4.07. The zero-order chi connectivity index (χ0) is 17.1. The normalized spacial score (nSPS) is 11.0. The second-order valence-electron chi connectivity index (χ2n) is 4.97. The molecule has 120 valence electrons. The molecule has 0 fully saturated rings.